The first-order chi connectivity index (χ1) is 9.01. The molecule has 1 rings (SSSR count). The zero-order valence-electron chi connectivity index (χ0n) is 10.8. The van der Waals surface area contributed by atoms with E-state index in [4.69, 9.17) is 10.5 Å². The maximum absolute atomic E-state index is 12.0. The number of anilines is 1. The van der Waals surface area contributed by atoms with Gasteiger partial charge in [-0.15, -0.1) is 6.58 Å². The van der Waals surface area contributed by atoms with E-state index in [-0.39, 0.29) is 10.6 Å². The van der Waals surface area contributed by atoms with Gasteiger partial charge in [0.15, 0.2) is 0 Å². The molecule has 0 aromatic heterocycles. The van der Waals surface area contributed by atoms with Gasteiger partial charge in [-0.05, 0) is 12.1 Å². The van der Waals surface area contributed by atoms with E-state index in [0.29, 0.717) is 18.0 Å². The first-order valence-corrected chi connectivity index (χ1v) is 8.27. The van der Waals surface area contributed by atoms with Crippen LogP contribution in [0.4, 0.5) is 5.69 Å². The molecule has 5 nitrogen and oxygen atoms in total. The van der Waals surface area contributed by atoms with Crippen molar-refractivity contribution in [1.82, 2.24) is 4.72 Å². The maximum atomic E-state index is 12.0. The van der Waals surface area contributed by atoms with Crippen LogP contribution in [0.15, 0.2) is 35.7 Å². The number of nitrogens with two attached hydrogens (primary N) is 1. The quantitative estimate of drug-likeness (QED) is 0.432. The van der Waals surface area contributed by atoms with Gasteiger partial charge in [0.2, 0.25) is 10.0 Å². The molecular weight excluding hydrogens is 284 g/mol. The zero-order chi connectivity index (χ0) is 14.3. The lowest BCUT2D eigenvalue weighted by molar-refractivity contribution is 0.414. The Morgan fingerprint density at radius 2 is 2.26 bits per heavy atom. The third-order valence-corrected chi connectivity index (χ3v) is 4.78. The first-order valence-electron chi connectivity index (χ1n) is 5.63. The van der Waals surface area contributed by atoms with Crippen LogP contribution in [0, 0.1) is 0 Å². The highest BCUT2D eigenvalue weighted by Gasteiger charge is 2.17. The van der Waals surface area contributed by atoms with Crippen LogP contribution in [-0.4, -0.2) is 33.6 Å². The number of sulfonamides is 1. The van der Waals surface area contributed by atoms with Gasteiger partial charge in [0.05, 0.1) is 12.8 Å². The highest BCUT2D eigenvalue weighted by molar-refractivity contribution is 7.99. The van der Waals surface area contributed by atoms with Crippen molar-refractivity contribution in [2.75, 3.05) is 30.9 Å². The van der Waals surface area contributed by atoms with Crippen molar-refractivity contribution in [2.45, 2.75) is 4.90 Å². The lowest BCUT2D eigenvalue weighted by Crippen LogP contribution is -2.26. The van der Waals surface area contributed by atoms with Gasteiger partial charge in [-0.2, -0.15) is 11.8 Å². The minimum atomic E-state index is -3.57. The molecular formula is C12H18N2O3S2. The molecule has 0 bridgehead atoms. The van der Waals surface area contributed by atoms with E-state index in [0.717, 1.165) is 5.75 Å². The van der Waals surface area contributed by atoms with Crippen LogP contribution < -0.4 is 15.2 Å². The average molecular weight is 302 g/mol. The molecule has 1 aromatic carbocycles. The molecule has 0 aliphatic carbocycles. The van der Waals surface area contributed by atoms with E-state index in [9.17, 15) is 8.42 Å². The van der Waals surface area contributed by atoms with Gasteiger partial charge < -0.3 is 10.5 Å². The summed E-state index contributed by atoms with van der Waals surface area (Å²) in [4.78, 5) is 0.0713. The Hall–Kier alpha value is -1.18. The monoisotopic (exact) mass is 302 g/mol. The number of rotatable bonds is 8. The molecule has 0 unspecified atom stereocenters. The molecule has 106 valence electrons. The molecule has 0 atom stereocenters. The number of methoxy groups -OCH3 is 1. The minimum Gasteiger partial charge on any atom is -0.497 e. The molecule has 0 saturated heterocycles. The van der Waals surface area contributed by atoms with Crippen LogP contribution in [0.2, 0.25) is 0 Å². The highest BCUT2D eigenvalue weighted by Crippen LogP contribution is 2.23. The van der Waals surface area contributed by atoms with E-state index in [2.05, 4.69) is 11.3 Å². The predicted octanol–water partition coefficient (Wildman–Crippen LogP) is 1.47. The Kier molecular flexibility index (Phi) is 6.20. The number of benzene rings is 1. The largest absolute Gasteiger partial charge is 0.497 e. The van der Waals surface area contributed by atoms with E-state index < -0.39 is 10.0 Å². The third kappa shape index (κ3) is 4.77. The lowest BCUT2D eigenvalue weighted by Gasteiger charge is -2.10. The molecule has 3 N–H and O–H groups in total. The van der Waals surface area contributed by atoms with Gasteiger partial charge in [0, 0.05) is 24.1 Å². The van der Waals surface area contributed by atoms with Gasteiger partial charge in [-0.1, -0.05) is 6.08 Å². The molecule has 0 spiro atoms. The fraction of sp³-hybridized carbons (Fsp3) is 0.333. The fourth-order valence-corrected chi connectivity index (χ4v) is 3.24. The van der Waals surface area contributed by atoms with Crippen molar-refractivity contribution in [2.24, 2.45) is 0 Å². The van der Waals surface area contributed by atoms with Gasteiger partial charge in [0.1, 0.15) is 10.6 Å². The second-order valence-electron chi connectivity index (χ2n) is 3.67. The van der Waals surface area contributed by atoms with E-state index in [1.165, 1.54) is 19.2 Å². The number of ether oxygens (including phenoxy) is 1. The summed E-state index contributed by atoms with van der Waals surface area (Å²) < 4.78 is 31.5. The fourth-order valence-electron chi connectivity index (χ4n) is 1.39. The van der Waals surface area contributed by atoms with Crippen LogP contribution in [0.3, 0.4) is 0 Å². The van der Waals surface area contributed by atoms with Crippen molar-refractivity contribution in [3.8, 4) is 5.75 Å². The van der Waals surface area contributed by atoms with Crippen LogP contribution >= 0.6 is 11.8 Å². The Labute approximate surface area is 118 Å². The lowest BCUT2D eigenvalue weighted by atomic mass is 10.3. The smallest absolute Gasteiger partial charge is 0.242 e. The Balaban J connectivity index is 2.69. The van der Waals surface area contributed by atoms with Crippen LogP contribution in [0.5, 0.6) is 5.75 Å². The maximum Gasteiger partial charge on any atom is 0.242 e. The normalized spacial score (nSPS) is 11.2. The standard InChI is InChI=1S/C12H18N2O3S2/c1-3-7-18-8-6-14-19(15,16)12-5-4-10(17-2)9-11(12)13/h3-5,9,14H,1,6-8,13H2,2H3. The van der Waals surface area contributed by atoms with Crippen molar-refractivity contribution >= 4 is 27.5 Å². The van der Waals surface area contributed by atoms with Crippen molar-refractivity contribution in [3.05, 3.63) is 30.9 Å². The molecule has 0 amide bonds. The number of nitrogen functional groups attached to an aromatic ring is 1. The van der Waals surface area contributed by atoms with Gasteiger partial charge in [-0.25, -0.2) is 13.1 Å². The SMILES string of the molecule is C=CCSCCNS(=O)(=O)c1ccc(OC)cc1N. The number of nitrogens with one attached hydrogen (secondary N) is 1. The summed E-state index contributed by atoms with van der Waals surface area (Å²) in [5.74, 6) is 2.01. The summed E-state index contributed by atoms with van der Waals surface area (Å²) >= 11 is 1.60. The first kappa shape index (κ1) is 15.9. The van der Waals surface area contributed by atoms with Gasteiger partial charge >= 0.3 is 0 Å². The van der Waals surface area contributed by atoms with E-state index >= 15 is 0 Å². The summed E-state index contributed by atoms with van der Waals surface area (Å²) in [6.07, 6.45) is 1.78. The summed E-state index contributed by atoms with van der Waals surface area (Å²) in [6, 6.07) is 4.49. The minimum absolute atomic E-state index is 0.0713. The zero-order valence-corrected chi connectivity index (χ0v) is 12.4. The van der Waals surface area contributed by atoms with Crippen molar-refractivity contribution in [1.29, 1.82) is 0 Å². The molecule has 1 aromatic rings. The highest BCUT2D eigenvalue weighted by atomic mass is 32.2. The number of hydrogen-bond donors (Lipinski definition) is 2. The molecule has 0 saturated carbocycles. The second kappa shape index (κ2) is 7.42. The van der Waals surface area contributed by atoms with Gasteiger partial charge in [-0.3, -0.25) is 0 Å². The topological polar surface area (TPSA) is 81.4 Å². The summed E-state index contributed by atoms with van der Waals surface area (Å²) in [5.41, 5.74) is 5.89. The molecule has 0 fully saturated rings. The number of thioether (sulfide) groups is 1. The molecule has 0 aliphatic rings. The van der Waals surface area contributed by atoms with E-state index in [1.54, 1.807) is 23.9 Å². The average Bonchev–Trinajstić information content (AvgIpc) is 2.37. The van der Waals surface area contributed by atoms with Crippen LogP contribution in [0.1, 0.15) is 0 Å². The summed E-state index contributed by atoms with van der Waals surface area (Å²) in [6.45, 7) is 3.95. The molecule has 19 heavy (non-hydrogen) atoms. The Morgan fingerprint density at radius 1 is 1.53 bits per heavy atom. The Morgan fingerprint density at radius 3 is 2.84 bits per heavy atom. The summed E-state index contributed by atoms with van der Waals surface area (Å²) in [5, 5.41) is 0. The van der Waals surface area contributed by atoms with E-state index in [1.807, 2.05) is 0 Å². The molecule has 0 radical (unpaired) electrons. The number of hydrogen-bond acceptors (Lipinski definition) is 5. The second-order valence-corrected chi connectivity index (χ2v) is 6.55. The van der Waals surface area contributed by atoms with Crippen molar-refractivity contribution < 1.29 is 13.2 Å². The summed E-state index contributed by atoms with van der Waals surface area (Å²) in [7, 11) is -2.07. The molecule has 0 aliphatic heterocycles. The third-order valence-electron chi connectivity index (χ3n) is 2.28. The Bertz CT molecular complexity index is 530. The molecule has 0 heterocycles. The van der Waals surface area contributed by atoms with Crippen LogP contribution in [0.25, 0.3) is 0 Å². The predicted molar refractivity (Wildman–Crippen MR) is 80.1 cm³/mol. The van der Waals surface area contributed by atoms with Crippen LogP contribution in [-0.2, 0) is 10.0 Å². The van der Waals surface area contributed by atoms with Gasteiger partial charge in [0.25, 0.3) is 0 Å². The van der Waals surface area contributed by atoms with Crippen molar-refractivity contribution in [3.63, 3.8) is 0 Å². The molecule has 7 heteroatoms.